The van der Waals surface area contributed by atoms with Crippen molar-refractivity contribution >= 4 is 11.9 Å². The lowest BCUT2D eigenvalue weighted by molar-refractivity contribution is -0.158. The van der Waals surface area contributed by atoms with Crippen LogP contribution in [0.25, 0.3) is 0 Å². The van der Waals surface area contributed by atoms with E-state index in [-0.39, 0.29) is 11.9 Å². The fourth-order valence-electron chi connectivity index (χ4n) is 2.87. The summed E-state index contributed by atoms with van der Waals surface area (Å²) in [6, 6.07) is 0.000376. The van der Waals surface area contributed by atoms with Crippen LogP contribution in [0.1, 0.15) is 26.2 Å². The average Bonchev–Trinajstić information content (AvgIpc) is 2.36. The van der Waals surface area contributed by atoms with E-state index in [0.29, 0.717) is 19.1 Å². The van der Waals surface area contributed by atoms with Gasteiger partial charge in [-0.25, -0.2) is 4.79 Å². The van der Waals surface area contributed by atoms with E-state index in [1.807, 2.05) is 0 Å². The van der Waals surface area contributed by atoms with Crippen LogP contribution in [-0.2, 0) is 14.3 Å². The van der Waals surface area contributed by atoms with Crippen LogP contribution >= 0.6 is 0 Å². The Morgan fingerprint density at radius 1 is 1.24 bits per heavy atom. The minimum atomic E-state index is -0.424. The van der Waals surface area contributed by atoms with E-state index in [9.17, 15) is 9.59 Å². The number of piperidine rings is 1. The summed E-state index contributed by atoms with van der Waals surface area (Å²) in [4.78, 5) is 27.3. The van der Waals surface area contributed by atoms with Crippen molar-refractivity contribution in [1.29, 1.82) is 0 Å². The van der Waals surface area contributed by atoms with Crippen molar-refractivity contribution in [3.05, 3.63) is 0 Å². The SMILES string of the molecule is COC(=O)[C@@H]1CN2CCCC[C@@H]2CN1C(C)=O. The normalized spacial score (nSPS) is 29.6. The molecule has 0 aliphatic carbocycles. The number of methoxy groups -OCH3 is 1. The van der Waals surface area contributed by atoms with Gasteiger partial charge in [0, 0.05) is 26.1 Å². The first-order valence-corrected chi connectivity index (χ1v) is 6.22. The molecule has 5 nitrogen and oxygen atoms in total. The molecular weight excluding hydrogens is 220 g/mol. The second-order valence-electron chi connectivity index (χ2n) is 4.85. The molecule has 2 atom stereocenters. The number of hydrogen-bond acceptors (Lipinski definition) is 4. The van der Waals surface area contributed by atoms with Gasteiger partial charge >= 0.3 is 5.97 Å². The Hall–Kier alpha value is -1.10. The second-order valence-corrected chi connectivity index (χ2v) is 4.85. The molecule has 0 aromatic rings. The number of carbonyl (C=O) groups is 2. The van der Waals surface area contributed by atoms with Gasteiger partial charge in [-0.1, -0.05) is 6.42 Å². The quantitative estimate of drug-likeness (QED) is 0.616. The Morgan fingerprint density at radius 3 is 2.65 bits per heavy atom. The predicted octanol–water partition coefficient (Wildman–Crippen LogP) is 0.245. The molecule has 0 spiro atoms. The molecule has 0 N–H and O–H groups in total. The number of fused-ring (bicyclic) bond motifs is 1. The third kappa shape index (κ3) is 2.44. The number of carbonyl (C=O) groups excluding carboxylic acids is 2. The molecule has 0 unspecified atom stereocenters. The van der Waals surface area contributed by atoms with Gasteiger partial charge in [-0.15, -0.1) is 0 Å². The fourth-order valence-corrected chi connectivity index (χ4v) is 2.87. The van der Waals surface area contributed by atoms with Crippen LogP contribution in [0.4, 0.5) is 0 Å². The zero-order valence-corrected chi connectivity index (χ0v) is 10.5. The van der Waals surface area contributed by atoms with E-state index >= 15 is 0 Å². The highest BCUT2D eigenvalue weighted by atomic mass is 16.5. The molecule has 0 radical (unpaired) electrons. The summed E-state index contributed by atoms with van der Waals surface area (Å²) >= 11 is 0. The van der Waals surface area contributed by atoms with Crippen LogP contribution in [0, 0.1) is 0 Å². The third-order valence-corrected chi connectivity index (χ3v) is 3.82. The van der Waals surface area contributed by atoms with Crippen molar-refractivity contribution in [2.75, 3.05) is 26.7 Å². The van der Waals surface area contributed by atoms with Gasteiger partial charge in [0.1, 0.15) is 6.04 Å². The van der Waals surface area contributed by atoms with Gasteiger partial charge in [-0.2, -0.15) is 0 Å². The van der Waals surface area contributed by atoms with E-state index in [1.165, 1.54) is 26.9 Å². The molecule has 1 amide bonds. The van der Waals surface area contributed by atoms with Crippen molar-refractivity contribution in [1.82, 2.24) is 9.80 Å². The number of hydrogen-bond donors (Lipinski definition) is 0. The van der Waals surface area contributed by atoms with E-state index in [1.54, 1.807) is 4.90 Å². The van der Waals surface area contributed by atoms with Crippen molar-refractivity contribution in [3.63, 3.8) is 0 Å². The van der Waals surface area contributed by atoms with Gasteiger partial charge in [0.05, 0.1) is 7.11 Å². The number of nitrogens with zero attached hydrogens (tertiary/aromatic N) is 2. The molecule has 0 bridgehead atoms. The molecule has 2 saturated heterocycles. The molecule has 2 rings (SSSR count). The average molecular weight is 240 g/mol. The lowest BCUT2D eigenvalue weighted by atomic mass is 9.96. The number of esters is 1. The smallest absolute Gasteiger partial charge is 0.329 e. The van der Waals surface area contributed by atoms with Crippen LogP contribution in [0.5, 0.6) is 0 Å². The van der Waals surface area contributed by atoms with Gasteiger partial charge < -0.3 is 9.64 Å². The lowest BCUT2D eigenvalue weighted by Gasteiger charge is -2.46. The molecule has 96 valence electrons. The zero-order valence-electron chi connectivity index (χ0n) is 10.5. The van der Waals surface area contributed by atoms with Crippen molar-refractivity contribution in [2.45, 2.75) is 38.3 Å². The Kier molecular flexibility index (Phi) is 3.66. The monoisotopic (exact) mass is 240 g/mol. The summed E-state index contributed by atoms with van der Waals surface area (Å²) in [5.41, 5.74) is 0. The van der Waals surface area contributed by atoms with Crippen molar-refractivity contribution in [2.24, 2.45) is 0 Å². The Labute approximate surface area is 102 Å². The summed E-state index contributed by atoms with van der Waals surface area (Å²) < 4.78 is 4.79. The third-order valence-electron chi connectivity index (χ3n) is 3.82. The molecule has 2 fully saturated rings. The van der Waals surface area contributed by atoms with E-state index in [2.05, 4.69) is 4.90 Å². The van der Waals surface area contributed by atoms with Gasteiger partial charge in [0.25, 0.3) is 0 Å². The van der Waals surface area contributed by atoms with Crippen LogP contribution in [-0.4, -0.2) is 60.5 Å². The summed E-state index contributed by atoms with van der Waals surface area (Å²) in [5, 5.41) is 0. The van der Waals surface area contributed by atoms with Crippen molar-refractivity contribution in [3.8, 4) is 0 Å². The Balaban J connectivity index is 2.13. The van der Waals surface area contributed by atoms with Gasteiger partial charge in [0.15, 0.2) is 0 Å². The van der Waals surface area contributed by atoms with E-state index < -0.39 is 6.04 Å². The van der Waals surface area contributed by atoms with Crippen LogP contribution in [0.2, 0.25) is 0 Å². The highest BCUT2D eigenvalue weighted by molar-refractivity contribution is 5.83. The number of piperazine rings is 1. The maximum Gasteiger partial charge on any atom is 0.329 e. The van der Waals surface area contributed by atoms with Gasteiger partial charge in [-0.05, 0) is 19.4 Å². The summed E-state index contributed by atoms with van der Waals surface area (Å²) in [6.45, 7) is 3.84. The highest BCUT2D eigenvalue weighted by Crippen LogP contribution is 2.24. The first-order chi connectivity index (χ1) is 8.13. The van der Waals surface area contributed by atoms with E-state index in [4.69, 9.17) is 4.74 Å². The summed E-state index contributed by atoms with van der Waals surface area (Å²) in [6.07, 6.45) is 3.53. The molecule has 0 aromatic carbocycles. The lowest BCUT2D eigenvalue weighted by Crippen LogP contribution is -2.63. The molecule has 17 heavy (non-hydrogen) atoms. The molecule has 0 aromatic heterocycles. The molecular formula is C12H20N2O3. The summed E-state index contributed by atoms with van der Waals surface area (Å²) in [7, 11) is 1.38. The minimum absolute atomic E-state index is 0.0365. The number of ether oxygens (including phenoxy) is 1. The van der Waals surface area contributed by atoms with Gasteiger partial charge in [0.2, 0.25) is 5.91 Å². The van der Waals surface area contributed by atoms with Gasteiger partial charge in [-0.3, -0.25) is 9.69 Å². The molecule has 0 saturated carbocycles. The Bertz CT molecular complexity index is 319. The highest BCUT2D eigenvalue weighted by Gasteiger charge is 2.40. The molecule has 2 aliphatic heterocycles. The largest absolute Gasteiger partial charge is 0.467 e. The van der Waals surface area contributed by atoms with Crippen LogP contribution in [0.3, 0.4) is 0 Å². The molecule has 2 aliphatic rings. The van der Waals surface area contributed by atoms with E-state index in [0.717, 1.165) is 13.0 Å². The minimum Gasteiger partial charge on any atom is -0.467 e. The number of amides is 1. The van der Waals surface area contributed by atoms with Crippen molar-refractivity contribution < 1.29 is 14.3 Å². The second kappa shape index (κ2) is 5.04. The van der Waals surface area contributed by atoms with Crippen LogP contribution in [0.15, 0.2) is 0 Å². The standard InChI is InChI=1S/C12H20N2O3/c1-9(15)14-7-10-5-3-4-6-13(10)8-11(14)12(16)17-2/h10-11H,3-8H2,1-2H3/t10-,11+/m1/s1. The number of rotatable bonds is 1. The zero-order chi connectivity index (χ0) is 12.4. The first-order valence-electron chi connectivity index (χ1n) is 6.22. The molecule has 2 heterocycles. The first kappa shape index (κ1) is 12.4. The maximum atomic E-state index is 11.7. The maximum absolute atomic E-state index is 11.7. The van der Waals surface area contributed by atoms with Crippen LogP contribution < -0.4 is 0 Å². The topological polar surface area (TPSA) is 49.9 Å². The Morgan fingerprint density at radius 2 is 2.00 bits per heavy atom. The fraction of sp³-hybridized carbons (Fsp3) is 0.833. The predicted molar refractivity (Wildman–Crippen MR) is 62.4 cm³/mol. The molecule has 5 heteroatoms. The summed E-state index contributed by atoms with van der Waals surface area (Å²) in [5.74, 6) is -0.338.